The second-order valence-corrected chi connectivity index (χ2v) is 5.59. The Morgan fingerprint density at radius 1 is 1.27 bits per heavy atom. The highest BCUT2D eigenvalue weighted by Crippen LogP contribution is 2.39. The van der Waals surface area contributed by atoms with E-state index in [0.29, 0.717) is 10.6 Å². The van der Waals surface area contributed by atoms with Crippen molar-refractivity contribution in [3.63, 3.8) is 0 Å². The molecule has 110 valence electrons. The van der Waals surface area contributed by atoms with Crippen LogP contribution in [0.15, 0.2) is 24.3 Å². The van der Waals surface area contributed by atoms with E-state index in [2.05, 4.69) is 10.3 Å². The zero-order valence-electron chi connectivity index (χ0n) is 11.0. The number of fused-ring (bicyclic) bond motifs is 1. The SMILES string of the molecule is N#Cc1c(Cl)nc(N)c2c1C(N)(c1ccc(Cl)cc1)NC2=O. The number of pyridine rings is 1. The Bertz CT molecular complexity index is 844. The van der Waals surface area contributed by atoms with Gasteiger partial charge in [-0.15, -0.1) is 0 Å². The standard InChI is InChI=1S/C14H9Cl2N5O/c15-7-3-1-6(2-4-7)14(19)10-8(5-17)11(16)20-12(18)9(10)13(22)21-14/h1-4H,19H2,(H2,18,20)(H,21,22). The molecule has 6 nitrogen and oxygen atoms in total. The maximum atomic E-state index is 12.2. The molecule has 0 radical (unpaired) electrons. The largest absolute Gasteiger partial charge is 0.383 e. The molecule has 0 aliphatic carbocycles. The molecule has 8 heteroatoms. The van der Waals surface area contributed by atoms with Crippen LogP contribution < -0.4 is 16.8 Å². The molecule has 1 atom stereocenters. The number of benzene rings is 1. The molecule has 0 saturated carbocycles. The van der Waals surface area contributed by atoms with Crippen LogP contribution in [0.25, 0.3) is 0 Å². The summed E-state index contributed by atoms with van der Waals surface area (Å²) in [5.41, 5.74) is 11.6. The fourth-order valence-electron chi connectivity index (χ4n) is 2.53. The highest BCUT2D eigenvalue weighted by atomic mass is 35.5. The van der Waals surface area contributed by atoms with Crippen molar-refractivity contribution in [1.82, 2.24) is 10.3 Å². The number of nitrogens with one attached hydrogen (secondary N) is 1. The van der Waals surface area contributed by atoms with Crippen molar-refractivity contribution >= 4 is 34.9 Å². The van der Waals surface area contributed by atoms with Crippen molar-refractivity contribution in [2.75, 3.05) is 5.73 Å². The number of hydrogen-bond acceptors (Lipinski definition) is 5. The summed E-state index contributed by atoms with van der Waals surface area (Å²) in [5, 5.41) is 12.4. The third-order valence-electron chi connectivity index (χ3n) is 3.52. The van der Waals surface area contributed by atoms with Gasteiger partial charge in [0.1, 0.15) is 22.7 Å². The predicted molar refractivity (Wildman–Crippen MR) is 82.3 cm³/mol. The summed E-state index contributed by atoms with van der Waals surface area (Å²) in [6, 6.07) is 8.51. The van der Waals surface area contributed by atoms with Gasteiger partial charge in [0, 0.05) is 10.6 Å². The van der Waals surface area contributed by atoms with E-state index in [1.165, 1.54) is 0 Å². The highest BCUT2D eigenvalue weighted by molar-refractivity contribution is 6.31. The number of amides is 1. The lowest BCUT2D eigenvalue weighted by Crippen LogP contribution is -2.49. The van der Waals surface area contributed by atoms with E-state index in [9.17, 15) is 10.1 Å². The van der Waals surface area contributed by atoms with Gasteiger partial charge >= 0.3 is 0 Å². The minimum absolute atomic E-state index is 0.0154. The molecule has 1 unspecified atom stereocenters. The molecule has 2 aromatic rings. The van der Waals surface area contributed by atoms with Gasteiger partial charge in [-0.2, -0.15) is 5.26 Å². The molecule has 1 aromatic carbocycles. The number of nitrogens with two attached hydrogens (primary N) is 2. The molecule has 1 aromatic heterocycles. The van der Waals surface area contributed by atoms with Crippen LogP contribution in [0.5, 0.6) is 0 Å². The third kappa shape index (κ3) is 1.91. The molecule has 0 bridgehead atoms. The smallest absolute Gasteiger partial charge is 0.257 e. The first-order chi connectivity index (χ1) is 10.4. The lowest BCUT2D eigenvalue weighted by molar-refractivity contribution is 0.0942. The molecule has 5 N–H and O–H groups in total. The zero-order valence-corrected chi connectivity index (χ0v) is 12.5. The monoisotopic (exact) mass is 333 g/mol. The summed E-state index contributed by atoms with van der Waals surface area (Å²) < 4.78 is 0. The Kier molecular flexibility index (Phi) is 3.22. The van der Waals surface area contributed by atoms with Gasteiger partial charge < -0.3 is 16.8 Å². The Hall–Kier alpha value is -2.33. The first-order valence-corrected chi connectivity index (χ1v) is 6.91. The van der Waals surface area contributed by atoms with Crippen LogP contribution in [0.3, 0.4) is 0 Å². The molecule has 22 heavy (non-hydrogen) atoms. The van der Waals surface area contributed by atoms with Crippen LogP contribution in [-0.2, 0) is 5.66 Å². The molecular formula is C14H9Cl2N5O. The molecular weight excluding hydrogens is 325 g/mol. The minimum Gasteiger partial charge on any atom is -0.383 e. The lowest BCUT2D eigenvalue weighted by Gasteiger charge is -2.27. The molecule has 0 spiro atoms. The van der Waals surface area contributed by atoms with Crippen LogP contribution >= 0.6 is 23.2 Å². The molecule has 1 amide bonds. The summed E-state index contributed by atoms with van der Waals surface area (Å²) in [7, 11) is 0. The number of nitrogen functional groups attached to an aromatic ring is 1. The summed E-state index contributed by atoms with van der Waals surface area (Å²) in [5.74, 6) is -0.580. The van der Waals surface area contributed by atoms with Crippen molar-refractivity contribution in [3.05, 3.63) is 56.7 Å². The first-order valence-electron chi connectivity index (χ1n) is 6.15. The third-order valence-corrected chi connectivity index (χ3v) is 4.05. The number of hydrogen-bond donors (Lipinski definition) is 3. The van der Waals surface area contributed by atoms with Gasteiger partial charge in [-0.1, -0.05) is 35.3 Å². The van der Waals surface area contributed by atoms with Crippen LogP contribution in [-0.4, -0.2) is 10.9 Å². The summed E-state index contributed by atoms with van der Waals surface area (Å²) >= 11 is 11.8. The highest BCUT2D eigenvalue weighted by Gasteiger charge is 2.45. The van der Waals surface area contributed by atoms with E-state index in [1.807, 2.05) is 6.07 Å². The van der Waals surface area contributed by atoms with E-state index in [0.717, 1.165) is 0 Å². The van der Waals surface area contributed by atoms with Crippen molar-refractivity contribution in [3.8, 4) is 6.07 Å². The Morgan fingerprint density at radius 3 is 2.50 bits per heavy atom. The van der Waals surface area contributed by atoms with E-state index in [1.54, 1.807) is 24.3 Å². The number of nitriles is 1. The van der Waals surface area contributed by atoms with Gasteiger partial charge in [-0.05, 0) is 17.7 Å². The fourth-order valence-corrected chi connectivity index (χ4v) is 2.89. The van der Waals surface area contributed by atoms with E-state index < -0.39 is 11.6 Å². The zero-order chi connectivity index (χ0) is 16.1. The van der Waals surface area contributed by atoms with Crippen molar-refractivity contribution in [2.45, 2.75) is 5.66 Å². The molecule has 1 aliphatic heterocycles. The molecule has 2 heterocycles. The number of nitrogens with zero attached hydrogens (tertiary/aromatic N) is 2. The maximum Gasteiger partial charge on any atom is 0.257 e. The fraction of sp³-hybridized carbons (Fsp3) is 0.0714. The van der Waals surface area contributed by atoms with Gasteiger partial charge in [-0.25, -0.2) is 4.98 Å². The van der Waals surface area contributed by atoms with Gasteiger partial charge in [0.05, 0.1) is 11.1 Å². The minimum atomic E-state index is -1.43. The number of anilines is 1. The number of aromatic nitrogens is 1. The van der Waals surface area contributed by atoms with E-state index in [-0.39, 0.29) is 27.7 Å². The number of carbonyl (C=O) groups excluding carboxylic acids is 1. The molecule has 0 saturated heterocycles. The van der Waals surface area contributed by atoms with Crippen LogP contribution in [0, 0.1) is 11.3 Å². The average molecular weight is 334 g/mol. The summed E-state index contributed by atoms with van der Waals surface area (Å²) in [6.07, 6.45) is 0. The molecule has 3 rings (SSSR count). The predicted octanol–water partition coefficient (Wildman–Crippen LogP) is 1.75. The Labute approximate surface area is 135 Å². The van der Waals surface area contributed by atoms with Gasteiger partial charge in [0.15, 0.2) is 0 Å². The topological polar surface area (TPSA) is 118 Å². The normalized spacial score (nSPS) is 19.5. The molecule has 1 aliphatic rings. The first kappa shape index (κ1) is 14.6. The van der Waals surface area contributed by atoms with Crippen molar-refractivity contribution in [2.24, 2.45) is 5.73 Å². The summed E-state index contributed by atoms with van der Waals surface area (Å²) in [6.45, 7) is 0. The van der Waals surface area contributed by atoms with Crippen LogP contribution in [0.2, 0.25) is 10.2 Å². The lowest BCUT2D eigenvalue weighted by atomic mass is 9.90. The van der Waals surface area contributed by atoms with Crippen LogP contribution in [0.4, 0.5) is 5.82 Å². The second kappa shape index (κ2) is 4.85. The van der Waals surface area contributed by atoms with Gasteiger partial charge in [-0.3, -0.25) is 4.79 Å². The molecule has 0 fully saturated rings. The maximum absolute atomic E-state index is 12.2. The number of halogens is 2. The average Bonchev–Trinajstić information content (AvgIpc) is 2.73. The Balaban J connectivity index is 2.35. The Morgan fingerprint density at radius 2 is 1.91 bits per heavy atom. The van der Waals surface area contributed by atoms with E-state index >= 15 is 0 Å². The van der Waals surface area contributed by atoms with E-state index in [4.69, 9.17) is 34.7 Å². The van der Waals surface area contributed by atoms with Gasteiger partial charge in [0.2, 0.25) is 0 Å². The van der Waals surface area contributed by atoms with Crippen LogP contribution in [0.1, 0.15) is 27.0 Å². The summed E-state index contributed by atoms with van der Waals surface area (Å²) in [4.78, 5) is 16.1. The van der Waals surface area contributed by atoms with Gasteiger partial charge in [0.25, 0.3) is 5.91 Å². The second-order valence-electron chi connectivity index (χ2n) is 4.79. The van der Waals surface area contributed by atoms with Crippen molar-refractivity contribution < 1.29 is 4.79 Å². The quantitative estimate of drug-likeness (QED) is 0.687. The van der Waals surface area contributed by atoms with Crippen molar-refractivity contribution in [1.29, 1.82) is 5.26 Å². The number of carbonyl (C=O) groups is 1. The number of rotatable bonds is 1.